The molecule has 4 nitrogen and oxygen atoms in total. The lowest BCUT2D eigenvalue weighted by Gasteiger charge is -2.37. The van der Waals surface area contributed by atoms with E-state index >= 15 is 0 Å². The first-order chi connectivity index (χ1) is 9.33. The lowest BCUT2D eigenvalue weighted by molar-refractivity contribution is -0.150. The molecule has 1 aliphatic rings. The Bertz CT molecular complexity index is 563. The van der Waals surface area contributed by atoms with E-state index in [-0.39, 0.29) is 12.5 Å². The summed E-state index contributed by atoms with van der Waals surface area (Å²) in [5, 5.41) is 9.75. The Balaban J connectivity index is 2.20. The summed E-state index contributed by atoms with van der Waals surface area (Å²) in [5.41, 5.74) is -0.389. The fourth-order valence-electron chi connectivity index (χ4n) is 2.40. The third kappa shape index (κ3) is 2.99. The van der Waals surface area contributed by atoms with Crippen LogP contribution in [0.15, 0.2) is 22.7 Å². The summed E-state index contributed by atoms with van der Waals surface area (Å²) in [6.07, 6.45) is 1.28. The number of carboxylic acids is 1. The standard InChI is InChI=1S/C14H15BrClNO3/c1-14(13(19)20)5-2-6-17(8-14)12(18)9-3-4-10(15)11(16)7-9/h3-4,7H,2,5-6,8H2,1H3,(H,19,20). The van der Waals surface area contributed by atoms with Gasteiger partial charge in [-0.2, -0.15) is 0 Å². The van der Waals surface area contributed by atoms with Crippen LogP contribution in [0.3, 0.4) is 0 Å². The maximum Gasteiger partial charge on any atom is 0.311 e. The molecule has 0 bridgehead atoms. The van der Waals surface area contributed by atoms with E-state index in [0.717, 1.165) is 4.47 Å². The van der Waals surface area contributed by atoms with Gasteiger partial charge in [0, 0.05) is 23.1 Å². The fourth-order valence-corrected chi connectivity index (χ4v) is 2.83. The maximum absolute atomic E-state index is 12.4. The van der Waals surface area contributed by atoms with Crippen molar-refractivity contribution in [3.63, 3.8) is 0 Å². The quantitative estimate of drug-likeness (QED) is 0.879. The number of carboxylic acid groups (broad SMARTS) is 1. The predicted molar refractivity (Wildman–Crippen MR) is 80.0 cm³/mol. The maximum atomic E-state index is 12.4. The number of rotatable bonds is 2. The van der Waals surface area contributed by atoms with Crippen LogP contribution in [-0.2, 0) is 4.79 Å². The number of carbonyl (C=O) groups excluding carboxylic acids is 1. The van der Waals surface area contributed by atoms with Gasteiger partial charge >= 0.3 is 5.97 Å². The number of nitrogens with zero attached hydrogens (tertiary/aromatic N) is 1. The minimum Gasteiger partial charge on any atom is -0.481 e. The van der Waals surface area contributed by atoms with Crippen LogP contribution in [0.5, 0.6) is 0 Å². The number of halogens is 2. The number of likely N-dealkylation sites (tertiary alicyclic amines) is 1. The highest BCUT2D eigenvalue weighted by Crippen LogP contribution is 2.31. The van der Waals surface area contributed by atoms with E-state index in [2.05, 4.69) is 15.9 Å². The molecule has 0 aliphatic carbocycles. The lowest BCUT2D eigenvalue weighted by Crippen LogP contribution is -2.48. The molecule has 1 fully saturated rings. The van der Waals surface area contributed by atoms with Crippen LogP contribution >= 0.6 is 27.5 Å². The Morgan fingerprint density at radius 2 is 2.15 bits per heavy atom. The molecule has 1 saturated heterocycles. The van der Waals surface area contributed by atoms with Crippen LogP contribution in [0.25, 0.3) is 0 Å². The molecule has 0 radical (unpaired) electrons. The highest BCUT2D eigenvalue weighted by atomic mass is 79.9. The number of benzene rings is 1. The second kappa shape index (κ2) is 5.74. The third-order valence-electron chi connectivity index (χ3n) is 3.67. The van der Waals surface area contributed by atoms with Crippen molar-refractivity contribution in [2.24, 2.45) is 5.41 Å². The van der Waals surface area contributed by atoms with E-state index < -0.39 is 11.4 Å². The molecule has 1 N–H and O–H groups in total. The van der Waals surface area contributed by atoms with Gasteiger partial charge in [-0.1, -0.05) is 11.6 Å². The second-order valence-electron chi connectivity index (χ2n) is 5.32. The van der Waals surface area contributed by atoms with Gasteiger partial charge in [-0.15, -0.1) is 0 Å². The van der Waals surface area contributed by atoms with Crippen molar-refractivity contribution in [1.29, 1.82) is 0 Å². The summed E-state index contributed by atoms with van der Waals surface area (Å²) in [6, 6.07) is 5.00. The molecular formula is C14H15BrClNO3. The molecule has 20 heavy (non-hydrogen) atoms. The second-order valence-corrected chi connectivity index (χ2v) is 6.59. The Hall–Kier alpha value is -1.07. The predicted octanol–water partition coefficient (Wildman–Crippen LogP) is 3.43. The molecule has 1 aromatic carbocycles. The Morgan fingerprint density at radius 3 is 2.75 bits per heavy atom. The van der Waals surface area contributed by atoms with Crippen LogP contribution in [-0.4, -0.2) is 35.0 Å². The summed E-state index contributed by atoms with van der Waals surface area (Å²) < 4.78 is 0.727. The lowest BCUT2D eigenvalue weighted by atomic mass is 9.82. The summed E-state index contributed by atoms with van der Waals surface area (Å²) in [7, 11) is 0. The monoisotopic (exact) mass is 359 g/mol. The molecule has 0 aromatic heterocycles. The van der Waals surface area contributed by atoms with Crippen molar-refractivity contribution >= 4 is 39.4 Å². The number of aliphatic carboxylic acids is 1. The van der Waals surface area contributed by atoms with E-state index in [4.69, 9.17) is 11.6 Å². The zero-order valence-electron chi connectivity index (χ0n) is 11.0. The van der Waals surface area contributed by atoms with Gasteiger partial charge in [-0.3, -0.25) is 9.59 Å². The molecule has 1 atom stereocenters. The molecule has 1 aromatic rings. The zero-order chi connectivity index (χ0) is 14.9. The molecule has 1 amide bonds. The molecule has 1 unspecified atom stereocenters. The van der Waals surface area contributed by atoms with Crippen LogP contribution in [0, 0.1) is 5.41 Å². The van der Waals surface area contributed by atoms with Crippen molar-refractivity contribution in [2.75, 3.05) is 13.1 Å². The Morgan fingerprint density at radius 1 is 1.45 bits per heavy atom. The first-order valence-electron chi connectivity index (χ1n) is 6.31. The summed E-state index contributed by atoms with van der Waals surface area (Å²) in [5.74, 6) is -1.03. The molecule has 0 saturated carbocycles. The van der Waals surface area contributed by atoms with Crippen molar-refractivity contribution in [3.8, 4) is 0 Å². The van der Waals surface area contributed by atoms with Gasteiger partial charge < -0.3 is 10.0 Å². The van der Waals surface area contributed by atoms with Crippen molar-refractivity contribution in [1.82, 2.24) is 4.90 Å². The van der Waals surface area contributed by atoms with Gasteiger partial charge in [0.25, 0.3) is 5.91 Å². The van der Waals surface area contributed by atoms with Gasteiger partial charge in [0.15, 0.2) is 0 Å². The fraction of sp³-hybridized carbons (Fsp3) is 0.429. The highest BCUT2D eigenvalue weighted by Gasteiger charge is 2.39. The molecule has 6 heteroatoms. The first-order valence-corrected chi connectivity index (χ1v) is 7.48. The van der Waals surface area contributed by atoms with Crippen LogP contribution in [0.2, 0.25) is 5.02 Å². The van der Waals surface area contributed by atoms with Crippen LogP contribution < -0.4 is 0 Å². The van der Waals surface area contributed by atoms with E-state index in [1.807, 2.05) is 0 Å². The first kappa shape index (κ1) is 15.3. The number of piperidine rings is 1. The van der Waals surface area contributed by atoms with Gasteiger partial charge in [0.1, 0.15) is 0 Å². The van der Waals surface area contributed by atoms with E-state index in [1.165, 1.54) is 0 Å². The molecule has 1 heterocycles. The third-order valence-corrected chi connectivity index (χ3v) is 4.90. The van der Waals surface area contributed by atoms with Gasteiger partial charge in [-0.25, -0.2) is 0 Å². The van der Waals surface area contributed by atoms with Gasteiger partial charge in [0.2, 0.25) is 0 Å². The normalized spacial score (nSPS) is 22.6. The molecule has 1 aliphatic heterocycles. The Kier molecular flexibility index (Phi) is 4.39. The molecular weight excluding hydrogens is 346 g/mol. The number of hydrogen-bond donors (Lipinski definition) is 1. The van der Waals surface area contributed by atoms with Crippen molar-refractivity contribution in [2.45, 2.75) is 19.8 Å². The molecule has 2 rings (SSSR count). The topological polar surface area (TPSA) is 57.6 Å². The minimum absolute atomic E-state index is 0.174. The van der Waals surface area contributed by atoms with E-state index in [9.17, 15) is 14.7 Å². The molecule has 108 valence electrons. The average Bonchev–Trinajstić information content (AvgIpc) is 2.41. The van der Waals surface area contributed by atoms with Gasteiger partial charge in [0.05, 0.1) is 10.4 Å². The van der Waals surface area contributed by atoms with Crippen LogP contribution in [0.4, 0.5) is 0 Å². The number of amides is 1. The highest BCUT2D eigenvalue weighted by molar-refractivity contribution is 9.10. The van der Waals surface area contributed by atoms with Crippen LogP contribution in [0.1, 0.15) is 30.1 Å². The van der Waals surface area contributed by atoms with Crippen molar-refractivity contribution < 1.29 is 14.7 Å². The smallest absolute Gasteiger partial charge is 0.311 e. The largest absolute Gasteiger partial charge is 0.481 e. The number of carbonyl (C=O) groups is 2. The summed E-state index contributed by atoms with van der Waals surface area (Å²) >= 11 is 9.27. The SMILES string of the molecule is CC1(C(=O)O)CCCN(C(=O)c2ccc(Br)c(Cl)c2)C1. The average molecular weight is 361 g/mol. The summed E-state index contributed by atoms with van der Waals surface area (Å²) in [4.78, 5) is 25.3. The van der Waals surface area contributed by atoms with Gasteiger partial charge in [-0.05, 0) is 53.9 Å². The van der Waals surface area contributed by atoms with E-state index in [1.54, 1.807) is 30.0 Å². The number of hydrogen-bond acceptors (Lipinski definition) is 2. The zero-order valence-corrected chi connectivity index (χ0v) is 13.4. The summed E-state index contributed by atoms with van der Waals surface area (Å²) in [6.45, 7) is 2.49. The Labute approximate surface area is 130 Å². The minimum atomic E-state index is -0.868. The molecule has 0 spiro atoms. The van der Waals surface area contributed by atoms with Crippen molar-refractivity contribution in [3.05, 3.63) is 33.3 Å². The van der Waals surface area contributed by atoms with E-state index in [0.29, 0.717) is 30.0 Å².